The maximum absolute atomic E-state index is 12.5. The number of benzene rings is 1. The number of carbonyl (C=O) groups is 1. The van der Waals surface area contributed by atoms with E-state index in [0.717, 1.165) is 18.4 Å². The highest BCUT2D eigenvalue weighted by atomic mass is 35.5. The molecule has 1 aliphatic rings. The highest BCUT2D eigenvalue weighted by molar-refractivity contribution is 7.07. The number of aromatic nitrogens is 1. The Kier molecular flexibility index (Phi) is 4.99. The Morgan fingerprint density at radius 1 is 1.48 bits per heavy atom. The van der Waals surface area contributed by atoms with Gasteiger partial charge in [-0.1, -0.05) is 23.7 Å². The topological polar surface area (TPSA) is 53.4 Å². The SMILES string of the molecule is O=C(c1cscn1)N1CCCC(CO)(Cc2cccc(Cl)c2)C1. The van der Waals surface area contributed by atoms with Gasteiger partial charge in [-0.25, -0.2) is 4.98 Å². The van der Waals surface area contributed by atoms with Crippen LogP contribution in [0.3, 0.4) is 0 Å². The minimum absolute atomic E-state index is 0.0464. The normalized spacial score (nSPS) is 21.4. The smallest absolute Gasteiger partial charge is 0.273 e. The molecule has 1 atom stereocenters. The molecule has 2 heterocycles. The third-order valence-corrected chi connectivity index (χ3v) is 5.23. The zero-order valence-corrected chi connectivity index (χ0v) is 14.3. The van der Waals surface area contributed by atoms with Crippen LogP contribution in [0.15, 0.2) is 35.2 Å². The van der Waals surface area contributed by atoms with Gasteiger partial charge < -0.3 is 10.0 Å². The molecule has 0 spiro atoms. The van der Waals surface area contributed by atoms with E-state index >= 15 is 0 Å². The summed E-state index contributed by atoms with van der Waals surface area (Å²) in [7, 11) is 0. The van der Waals surface area contributed by atoms with Gasteiger partial charge in [-0.3, -0.25) is 4.79 Å². The van der Waals surface area contributed by atoms with E-state index in [4.69, 9.17) is 11.6 Å². The predicted octanol–water partition coefficient (Wildman–Crippen LogP) is 3.25. The number of hydrogen-bond donors (Lipinski definition) is 1. The Morgan fingerprint density at radius 3 is 3.04 bits per heavy atom. The fourth-order valence-corrected chi connectivity index (χ4v) is 4.01. The van der Waals surface area contributed by atoms with E-state index in [2.05, 4.69) is 4.98 Å². The van der Waals surface area contributed by atoms with Crippen LogP contribution in [-0.2, 0) is 6.42 Å². The molecule has 23 heavy (non-hydrogen) atoms. The van der Waals surface area contributed by atoms with E-state index in [1.807, 2.05) is 29.2 Å². The van der Waals surface area contributed by atoms with Gasteiger partial charge in [0.15, 0.2) is 0 Å². The molecule has 1 aromatic heterocycles. The fourth-order valence-electron chi connectivity index (χ4n) is 3.27. The van der Waals surface area contributed by atoms with Crippen LogP contribution in [-0.4, -0.2) is 40.6 Å². The molecule has 1 amide bonds. The number of hydrogen-bond acceptors (Lipinski definition) is 4. The second-order valence-corrected chi connectivity index (χ2v) is 7.32. The molecule has 0 aliphatic carbocycles. The Labute approximate surface area is 144 Å². The van der Waals surface area contributed by atoms with Gasteiger partial charge in [0.2, 0.25) is 0 Å². The minimum atomic E-state index is -0.311. The van der Waals surface area contributed by atoms with Gasteiger partial charge in [-0.15, -0.1) is 11.3 Å². The van der Waals surface area contributed by atoms with Crippen molar-refractivity contribution in [3.05, 3.63) is 51.4 Å². The summed E-state index contributed by atoms with van der Waals surface area (Å²) in [4.78, 5) is 18.5. The standard InChI is InChI=1S/C17H19ClN2O2S/c18-14-4-1-3-13(7-14)8-17(11-21)5-2-6-20(10-17)16(22)15-9-23-12-19-15/h1,3-4,7,9,12,21H,2,5-6,8,10-11H2. The number of rotatable bonds is 4. The molecular weight excluding hydrogens is 332 g/mol. The van der Waals surface area contributed by atoms with Crippen LogP contribution in [0.2, 0.25) is 5.02 Å². The summed E-state index contributed by atoms with van der Waals surface area (Å²) in [6.07, 6.45) is 2.50. The number of nitrogens with zero attached hydrogens (tertiary/aromatic N) is 2. The van der Waals surface area contributed by atoms with E-state index in [1.54, 1.807) is 10.9 Å². The van der Waals surface area contributed by atoms with Gasteiger partial charge >= 0.3 is 0 Å². The zero-order chi connectivity index (χ0) is 16.3. The molecule has 122 valence electrons. The monoisotopic (exact) mass is 350 g/mol. The third kappa shape index (κ3) is 3.74. The Morgan fingerprint density at radius 2 is 2.35 bits per heavy atom. The van der Waals surface area contributed by atoms with Crippen molar-refractivity contribution < 1.29 is 9.90 Å². The highest BCUT2D eigenvalue weighted by Crippen LogP contribution is 2.34. The number of amides is 1. The van der Waals surface area contributed by atoms with Crippen LogP contribution in [0.4, 0.5) is 0 Å². The van der Waals surface area contributed by atoms with Crippen molar-refractivity contribution in [3.8, 4) is 0 Å². The fraction of sp³-hybridized carbons (Fsp3) is 0.412. The van der Waals surface area contributed by atoms with Crippen molar-refractivity contribution >= 4 is 28.8 Å². The van der Waals surface area contributed by atoms with Crippen molar-refractivity contribution in [2.24, 2.45) is 5.41 Å². The van der Waals surface area contributed by atoms with Gasteiger partial charge in [0.05, 0.1) is 12.1 Å². The average Bonchev–Trinajstić information content (AvgIpc) is 3.09. The Bertz CT molecular complexity index is 677. The Balaban J connectivity index is 1.77. The first-order valence-electron chi connectivity index (χ1n) is 7.65. The van der Waals surface area contributed by atoms with Crippen molar-refractivity contribution in [1.29, 1.82) is 0 Å². The van der Waals surface area contributed by atoms with Crippen LogP contribution in [0.25, 0.3) is 0 Å². The predicted molar refractivity (Wildman–Crippen MR) is 91.9 cm³/mol. The first-order valence-corrected chi connectivity index (χ1v) is 8.97. The highest BCUT2D eigenvalue weighted by Gasteiger charge is 2.37. The molecular formula is C17H19ClN2O2S. The summed E-state index contributed by atoms with van der Waals surface area (Å²) in [5.74, 6) is -0.0464. The lowest BCUT2D eigenvalue weighted by Gasteiger charge is -2.41. The minimum Gasteiger partial charge on any atom is -0.396 e. The molecule has 1 aliphatic heterocycles. The lowest BCUT2D eigenvalue weighted by molar-refractivity contribution is 0.0268. The molecule has 0 saturated carbocycles. The van der Waals surface area contributed by atoms with Crippen LogP contribution in [0, 0.1) is 5.41 Å². The molecule has 6 heteroatoms. The summed E-state index contributed by atoms with van der Waals surface area (Å²) in [5.41, 5.74) is 2.94. The maximum Gasteiger partial charge on any atom is 0.273 e. The molecule has 1 saturated heterocycles. The number of aliphatic hydroxyl groups excluding tert-OH is 1. The lowest BCUT2D eigenvalue weighted by atomic mass is 9.75. The number of likely N-dealkylation sites (tertiary alicyclic amines) is 1. The number of halogens is 1. The molecule has 0 bridgehead atoms. The lowest BCUT2D eigenvalue weighted by Crippen LogP contribution is -2.49. The Hall–Kier alpha value is -1.43. The van der Waals surface area contributed by atoms with Crippen LogP contribution >= 0.6 is 22.9 Å². The maximum atomic E-state index is 12.5. The van der Waals surface area contributed by atoms with Crippen molar-refractivity contribution in [2.75, 3.05) is 19.7 Å². The molecule has 1 fully saturated rings. The summed E-state index contributed by atoms with van der Waals surface area (Å²) in [6, 6.07) is 7.71. The summed E-state index contributed by atoms with van der Waals surface area (Å²) < 4.78 is 0. The third-order valence-electron chi connectivity index (χ3n) is 4.40. The van der Waals surface area contributed by atoms with Gasteiger partial charge in [-0.2, -0.15) is 0 Å². The summed E-state index contributed by atoms with van der Waals surface area (Å²) >= 11 is 7.48. The van der Waals surface area contributed by atoms with Crippen LogP contribution in [0.5, 0.6) is 0 Å². The van der Waals surface area contributed by atoms with Crippen LogP contribution < -0.4 is 0 Å². The van der Waals surface area contributed by atoms with Crippen LogP contribution in [0.1, 0.15) is 28.9 Å². The molecule has 2 aromatic rings. The van der Waals surface area contributed by atoms with Gasteiger partial charge in [0.1, 0.15) is 5.69 Å². The largest absolute Gasteiger partial charge is 0.396 e. The number of carbonyl (C=O) groups excluding carboxylic acids is 1. The van der Waals surface area contributed by atoms with Crippen molar-refractivity contribution in [2.45, 2.75) is 19.3 Å². The number of thiazole rings is 1. The summed E-state index contributed by atoms with van der Waals surface area (Å²) in [6.45, 7) is 1.32. The van der Waals surface area contributed by atoms with Gasteiger partial charge in [-0.05, 0) is 37.0 Å². The average molecular weight is 351 g/mol. The number of aliphatic hydroxyl groups is 1. The number of piperidine rings is 1. The van der Waals surface area contributed by atoms with Gasteiger partial charge in [0.25, 0.3) is 5.91 Å². The molecule has 0 radical (unpaired) electrons. The zero-order valence-electron chi connectivity index (χ0n) is 12.7. The first kappa shape index (κ1) is 16.4. The molecule has 1 N–H and O–H groups in total. The quantitative estimate of drug-likeness (QED) is 0.920. The van der Waals surface area contributed by atoms with E-state index in [-0.39, 0.29) is 17.9 Å². The molecule has 1 unspecified atom stereocenters. The van der Waals surface area contributed by atoms with E-state index in [1.165, 1.54) is 11.3 Å². The van der Waals surface area contributed by atoms with Crippen molar-refractivity contribution in [1.82, 2.24) is 9.88 Å². The van der Waals surface area contributed by atoms with E-state index in [9.17, 15) is 9.90 Å². The first-order chi connectivity index (χ1) is 11.1. The second-order valence-electron chi connectivity index (χ2n) is 6.17. The molecule has 1 aromatic carbocycles. The van der Waals surface area contributed by atoms with Gasteiger partial charge in [0, 0.05) is 28.9 Å². The molecule has 4 nitrogen and oxygen atoms in total. The van der Waals surface area contributed by atoms with E-state index in [0.29, 0.717) is 30.2 Å². The molecule has 3 rings (SSSR count). The van der Waals surface area contributed by atoms with E-state index < -0.39 is 0 Å². The second kappa shape index (κ2) is 6.99. The van der Waals surface area contributed by atoms with Crippen molar-refractivity contribution in [3.63, 3.8) is 0 Å². The summed E-state index contributed by atoms with van der Waals surface area (Å²) in [5, 5.41) is 12.5.